The molecule has 3 aliphatic rings. The van der Waals surface area contributed by atoms with E-state index in [2.05, 4.69) is 5.32 Å². The summed E-state index contributed by atoms with van der Waals surface area (Å²) in [7, 11) is -3.01. The second-order valence-electron chi connectivity index (χ2n) is 6.46. The van der Waals surface area contributed by atoms with Crippen molar-refractivity contribution in [3.8, 4) is 0 Å². The van der Waals surface area contributed by atoms with E-state index in [1.165, 1.54) is 6.42 Å². The fraction of sp³-hybridized carbons (Fsp3) is 0.929. The number of carbonyl (C=O) groups excluding carboxylic acids is 1. The Hall–Kier alpha value is -0.620. The third-order valence-electron chi connectivity index (χ3n) is 4.92. The van der Waals surface area contributed by atoms with Gasteiger partial charge in [-0.15, -0.1) is 0 Å². The molecule has 2 aliphatic carbocycles. The predicted molar refractivity (Wildman–Crippen MR) is 76.6 cm³/mol. The third-order valence-corrected chi connectivity index (χ3v) is 7.32. The van der Waals surface area contributed by atoms with E-state index in [1.54, 1.807) is 4.31 Å². The van der Waals surface area contributed by atoms with Crippen LogP contribution < -0.4 is 5.32 Å². The Morgan fingerprint density at radius 3 is 2.20 bits per heavy atom. The number of amides is 1. The van der Waals surface area contributed by atoms with Crippen molar-refractivity contribution in [1.82, 2.24) is 9.62 Å². The second-order valence-corrected chi connectivity index (χ2v) is 8.67. The summed E-state index contributed by atoms with van der Waals surface area (Å²) in [4.78, 5) is 11.8. The fourth-order valence-corrected chi connectivity index (χ4v) is 4.88. The molecule has 1 N–H and O–H groups in total. The van der Waals surface area contributed by atoms with Gasteiger partial charge in [-0.05, 0) is 44.4 Å². The van der Waals surface area contributed by atoms with Crippen LogP contribution in [-0.2, 0) is 14.8 Å². The summed E-state index contributed by atoms with van der Waals surface area (Å²) >= 11 is 0. The molecule has 0 bridgehead atoms. The zero-order valence-electron chi connectivity index (χ0n) is 11.9. The minimum Gasteiger partial charge on any atom is -0.356 e. The van der Waals surface area contributed by atoms with E-state index >= 15 is 0 Å². The van der Waals surface area contributed by atoms with Crippen molar-refractivity contribution >= 4 is 15.9 Å². The molecule has 3 fully saturated rings. The lowest BCUT2D eigenvalue weighted by Gasteiger charge is -2.32. The molecule has 1 heterocycles. The first kappa shape index (κ1) is 14.3. The van der Waals surface area contributed by atoms with Gasteiger partial charge in [-0.1, -0.05) is 6.42 Å². The molecule has 0 aromatic rings. The van der Waals surface area contributed by atoms with E-state index in [0.717, 1.165) is 38.5 Å². The van der Waals surface area contributed by atoms with Gasteiger partial charge in [0.1, 0.15) is 0 Å². The van der Waals surface area contributed by atoms with Crippen molar-refractivity contribution < 1.29 is 13.2 Å². The minimum absolute atomic E-state index is 0.0997. The van der Waals surface area contributed by atoms with Crippen LogP contribution in [0.1, 0.15) is 44.9 Å². The summed E-state index contributed by atoms with van der Waals surface area (Å²) in [5.41, 5.74) is 0. The summed E-state index contributed by atoms with van der Waals surface area (Å²) in [5.74, 6) is 0.874. The Morgan fingerprint density at radius 1 is 1.05 bits per heavy atom. The molecule has 0 spiro atoms. The summed E-state index contributed by atoms with van der Waals surface area (Å²) in [6.45, 7) is 1.97. The number of nitrogens with one attached hydrogen (secondary N) is 1. The number of piperidine rings is 1. The van der Waals surface area contributed by atoms with Crippen molar-refractivity contribution in [2.75, 3.05) is 19.6 Å². The van der Waals surface area contributed by atoms with Crippen molar-refractivity contribution in [2.24, 2.45) is 11.8 Å². The van der Waals surface area contributed by atoms with Gasteiger partial charge in [0.05, 0.1) is 5.25 Å². The Kier molecular flexibility index (Phi) is 4.04. The lowest BCUT2D eigenvalue weighted by atomic mass is 9.84. The largest absolute Gasteiger partial charge is 0.356 e. The smallest absolute Gasteiger partial charge is 0.223 e. The maximum atomic E-state index is 12.1. The highest BCUT2D eigenvalue weighted by Gasteiger charge is 2.41. The van der Waals surface area contributed by atoms with Gasteiger partial charge in [0.15, 0.2) is 0 Å². The first-order valence-electron chi connectivity index (χ1n) is 7.84. The van der Waals surface area contributed by atoms with Crippen LogP contribution in [0.25, 0.3) is 0 Å². The molecule has 2 saturated carbocycles. The fourth-order valence-electron chi connectivity index (χ4n) is 3.00. The van der Waals surface area contributed by atoms with Crippen LogP contribution in [0.15, 0.2) is 0 Å². The molecule has 0 radical (unpaired) electrons. The molecule has 1 amide bonds. The monoisotopic (exact) mass is 300 g/mol. The molecule has 6 heteroatoms. The highest BCUT2D eigenvalue weighted by molar-refractivity contribution is 7.90. The highest BCUT2D eigenvalue weighted by Crippen LogP contribution is 2.33. The number of hydrogen-bond donors (Lipinski definition) is 1. The molecule has 0 aromatic heterocycles. The van der Waals surface area contributed by atoms with Crippen LogP contribution in [0.2, 0.25) is 0 Å². The van der Waals surface area contributed by atoms with Crippen LogP contribution in [0.5, 0.6) is 0 Å². The predicted octanol–water partition coefficient (Wildman–Crippen LogP) is 1.11. The maximum Gasteiger partial charge on any atom is 0.223 e. The van der Waals surface area contributed by atoms with E-state index in [1.807, 2.05) is 0 Å². The highest BCUT2D eigenvalue weighted by atomic mass is 32.2. The van der Waals surface area contributed by atoms with E-state index < -0.39 is 10.0 Å². The average Bonchev–Trinajstić information content (AvgIpc) is 3.19. The van der Waals surface area contributed by atoms with Crippen LogP contribution >= 0.6 is 0 Å². The van der Waals surface area contributed by atoms with E-state index in [-0.39, 0.29) is 17.1 Å². The summed E-state index contributed by atoms with van der Waals surface area (Å²) in [6, 6.07) is 0. The van der Waals surface area contributed by atoms with E-state index in [0.29, 0.717) is 25.6 Å². The van der Waals surface area contributed by atoms with Gasteiger partial charge < -0.3 is 5.32 Å². The van der Waals surface area contributed by atoms with E-state index in [9.17, 15) is 13.2 Å². The summed E-state index contributed by atoms with van der Waals surface area (Å²) in [6.07, 6.45) is 6.65. The van der Waals surface area contributed by atoms with Gasteiger partial charge in [0.25, 0.3) is 0 Å². The standard InChI is InChI=1S/C14H24N2O3S/c17-14(12-2-1-3-12)15-10-11-6-8-16(9-7-11)20(18,19)13-4-5-13/h11-13H,1-10H2,(H,15,17). The summed E-state index contributed by atoms with van der Waals surface area (Å²) < 4.78 is 25.9. The Labute approximate surface area is 121 Å². The molecule has 3 rings (SSSR count). The lowest BCUT2D eigenvalue weighted by Crippen LogP contribution is -2.44. The van der Waals surface area contributed by atoms with Gasteiger partial charge in [-0.3, -0.25) is 4.79 Å². The van der Waals surface area contributed by atoms with Gasteiger partial charge in [0, 0.05) is 25.6 Å². The molecular formula is C14H24N2O3S. The average molecular weight is 300 g/mol. The van der Waals surface area contributed by atoms with Crippen molar-refractivity contribution in [1.29, 1.82) is 0 Å². The molecule has 1 saturated heterocycles. The minimum atomic E-state index is -3.01. The summed E-state index contributed by atoms with van der Waals surface area (Å²) in [5, 5.41) is 2.94. The first-order valence-corrected chi connectivity index (χ1v) is 9.34. The van der Waals surface area contributed by atoms with Crippen molar-refractivity contribution in [3.63, 3.8) is 0 Å². The van der Waals surface area contributed by atoms with Crippen molar-refractivity contribution in [2.45, 2.75) is 50.2 Å². The zero-order valence-corrected chi connectivity index (χ0v) is 12.7. The number of carbonyl (C=O) groups is 1. The van der Waals surface area contributed by atoms with Gasteiger partial charge in [-0.25, -0.2) is 12.7 Å². The van der Waals surface area contributed by atoms with Crippen LogP contribution in [0.4, 0.5) is 0 Å². The first-order chi connectivity index (χ1) is 9.57. The SMILES string of the molecule is O=C(NCC1CCN(S(=O)(=O)C2CC2)CC1)C1CCC1. The molecular weight excluding hydrogens is 276 g/mol. The molecule has 0 aromatic carbocycles. The normalized spacial score (nSPS) is 26.2. The van der Waals surface area contributed by atoms with Gasteiger partial charge in [-0.2, -0.15) is 0 Å². The molecule has 5 nitrogen and oxygen atoms in total. The molecule has 114 valence electrons. The molecule has 0 atom stereocenters. The number of nitrogens with zero attached hydrogens (tertiary/aromatic N) is 1. The number of rotatable bonds is 5. The third kappa shape index (κ3) is 3.01. The second kappa shape index (κ2) is 5.64. The number of hydrogen-bond acceptors (Lipinski definition) is 3. The Bertz CT molecular complexity index is 461. The van der Waals surface area contributed by atoms with Gasteiger partial charge >= 0.3 is 0 Å². The molecule has 1 aliphatic heterocycles. The van der Waals surface area contributed by atoms with Crippen LogP contribution in [0.3, 0.4) is 0 Å². The Morgan fingerprint density at radius 2 is 1.70 bits per heavy atom. The van der Waals surface area contributed by atoms with Crippen LogP contribution in [0, 0.1) is 11.8 Å². The lowest BCUT2D eigenvalue weighted by molar-refractivity contribution is -0.127. The molecule has 20 heavy (non-hydrogen) atoms. The van der Waals surface area contributed by atoms with Crippen LogP contribution in [-0.4, -0.2) is 43.5 Å². The number of sulfonamides is 1. The van der Waals surface area contributed by atoms with Gasteiger partial charge in [0.2, 0.25) is 15.9 Å². The Balaban J connectivity index is 1.41. The molecule has 0 unspecified atom stereocenters. The van der Waals surface area contributed by atoms with E-state index in [4.69, 9.17) is 0 Å². The topological polar surface area (TPSA) is 66.5 Å². The van der Waals surface area contributed by atoms with Crippen molar-refractivity contribution in [3.05, 3.63) is 0 Å². The quantitative estimate of drug-likeness (QED) is 0.827. The zero-order chi connectivity index (χ0) is 14.2. The maximum absolute atomic E-state index is 12.1.